The summed E-state index contributed by atoms with van der Waals surface area (Å²) in [7, 11) is 2.24. The molecule has 0 bridgehead atoms. The van der Waals surface area contributed by atoms with E-state index in [2.05, 4.69) is 9.97 Å². The predicted octanol–water partition coefficient (Wildman–Crippen LogP) is 1.21. The van der Waals surface area contributed by atoms with Gasteiger partial charge in [-0.2, -0.15) is 0 Å². The highest BCUT2D eigenvalue weighted by molar-refractivity contribution is 7.84. The number of aromatic nitrogens is 3. The molecule has 1 atom stereocenters. The summed E-state index contributed by atoms with van der Waals surface area (Å²) in [5.74, 6) is -0.0472. The van der Waals surface area contributed by atoms with Crippen molar-refractivity contribution in [3.8, 4) is 0 Å². The molecule has 1 aliphatic carbocycles. The van der Waals surface area contributed by atoms with E-state index in [1.54, 1.807) is 31.4 Å². The fourth-order valence-electron chi connectivity index (χ4n) is 2.23. The molecule has 0 aromatic carbocycles. The van der Waals surface area contributed by atoms with Gasteiger partial charge in [-0.1, -0.05) is 0 Å². The van der Waals surface area contributed by atoms with Crippen LogP contribution in [0.1, 0.15) is 29.4 Å². The van der Waals surface area contributed by atoms with Gasteiger partial charge in [0.05, 0.1) is 10.8 Å². The van der Waals surface area contributed by atoms with Crippen LogP contribution in [0, 0.1) is 0 Å². The average molecular weight is 292 g/mol. The van der Waals surface area contributed by atoms with Gasteiger partial charge in [0.2, 0.25) is 5.16 Å². The second-order valence-electron chi connectivity index (χ2n) is 5.22. The minimum atomic E-state index is -1.23. The van der Waals surface area contributed by atoms with E-state index in [4.69, 9.17) is 0 Å². The summed E-state index contributed by atoms with van der Waals surface area (Å²) in [6.07, 6.45) is 5.29. The van der Waals surface area contributed by atoms with Crippen LogP contribution < -0.4 is 0 Å². The molecule has 106 valence electrons. The van der Waals surface area contributed by atoms with E-state index in [1.807, 2.05) is 10.6 Å². The van der Waals surface area contributed by atoms with Crippen LogP contribution >= 0.6 is 0 Å². The van der Waals surface area contributed by atoms with Crippen molar-refractivity contribution in [2.45, 2.75) is 24.0 Å². The molecular formula is C13H16N4O2S. The second kappa shape index (κ2) is 4.66. The van der Waals surface area contributed by atoms with E-state index in [0.717, 1.165) is 18.2 Å². The lowest BCUT2D eigenvalue weighted by Gasteiger charge is -2.13. The molecule has 1 aliphatic rings. The number of nitrogens with zero attached hydrogens (tertiary/aromatic N) is 4. The Hall–Kier alpha value is -1.76. The Morgan fingerprint density at radius 1 is 1.45 bits per heavy atom. The third-order valence-electron chi connectivity index (χ3n) is 3.35. The zero-order valence-corrected chi connectivity index (χ0v) is 12.5. The standard InChI is InChI=1S/C13H16N4O2S/c1-16(2)12(18)10-6-8-7-14-13(20(3)19)15-11(8)17(10)9-4-5-9/h6-7,9H,4-5H2,1-3H3. The van der Waals surface area contributed by atoms with Gasteiger partial charge in [-0.05, 0) is 18.9 Å². The maximum Gasteiger partial charge on any atom is 0.270 e. The molecule has 0 aliphatic heterocycles. The second-order valence-corrected chi connectivity index (χ2v) is 6.49. The van der Waals surface area contributed by atoms with Gasteiger partial charge in [-0.15, -0.1) is 0 Å². The van der Waals surface area contributed by atoms with Crippen LogP contribution in [0.25, 0.3) is 11.0 Å². The molecule has 20 heavy (non-hydrogen) atoms. The van der Waals surface area contributed by atoms with Gasteiger partial charge in [0.1, 0.15) is 11.3 Å². The van der Waals surface area contributed by atoms with Crippen molar-refractivity contribution in [1.82, 2.24) is 19.4 Å². The first kappa shape index (κ1) is 13.2. The molecule has 7 heteroatoms. The summed E-state index contributed by atoms with van der Waals surface area (Å²) in [6, 6.07) is 2.14. The van der Waals surface area contributed by atoms with Crippen molar-refractivity contribution in [2.24, 2.45) is 0 Å². The molecule has 3 rings (SSSR count). The zero-order chi connectivity index (χ0) is 14.4. The Morgan fingerprint density at radius 3 is 2.70 bits per heavy atom. The summed E-state index contributed by atoms with van der Waals surface area (Å²) in [6.45, 7) is 0. The van der Waals surface area contributed by atoms with E-state index in [9.17, 15) is 9.00 Å². The highest BCUT2D eigenvalue weighted by Gasteiger charge is 2.31. The smallest absolute Gasteiger partial charge is 0.270 e. The van der Waals surface area contributed by atoms with Crippen LogP contribution in [-0.4, -0.2) is 49.9 Å². The van der Waals surface area contributed by atoms with Gasteiger partial charge in [-0.3, -0.25) is 9.00 Å². The minimum absolute atomic E-state index is 0.0472. The lowest BCUT2D eigenvalue weighted by molar-refractivity contribution is 0.0817. The third-order valence-corrected chi connectivity index (χ3v) is 4.06. The fourth-order valence-corrected chi connectivity index (χ4v) is 2.64. The van der Waals surface area contributed by atoms with Crippen LogP contribution in [0.5, 0.6) is 0 Å². The molecule has 2 aromatic rings. The Balaban J connectivity index is 2.23. The van der Waals surface area contributed by atoms with Gasteiger partial charge >= 0.3 is 0 Å². The molecule has 0 N–H and O–H groups in total. The third kappa shape index (κ3) is 2.11. The number of carbonyl (C=O) groups is 1. The van der Waals surface area contributed by atoms with Gasteiger partial charge in [0.15, 0.2) is 0 Å². The van der Waals surface area contributed by atoms with E-state index in [-0.39, 0.29) is 5.91 Å². The van der Waals surface area contributed by atoms with Crippen molar-refractivity contribution in [1.29, 1.82) is 0 Å². The molecule has 0 spiro atoms. The molecule has 0 radical (unpaired) electrons. The highest BCUT2D eigenvalue weighted by atomic mass is 32.2. The van der Waals surface area contributed by atoms with Crippen LogP contribution in [0.15, 0.2) is 17.4 Å². The lowest BCUT2D eigenvalue weighted by Crippen LogP contribution is -2.24. The molecular weight excluding hydrogens is 276 g/mol. The zero-order valence-electron chi connectivity index (χ0n) is 11.7. The van der Waals surface area contributed by atoms with Crippen molar-refractivity contribution in [2.75, 3.05) is 20.4 Å². The van der Waals surface area contributed by atoms with Gasteiger partial charge in [0, 0.05) is 38.0 Å². The van der Waals surface area contributed by atoms with Crippen LogP contribution in [0.3, 0.4) is 0 Å². The first-order valence-electron chi connectivity index (χ1n) is 6.42. The minimum Gasteiger partial charge on any atom is -0.343 e. The van der Waals surface area contributed by atoms with Gasteiger partial charge < -0.3 is 9.47 Å². The molecule has 6 nitrogen and oxygen atoms in total. The number of hydrogen-bond acceptors (Lipinski definition) is 4. The SMILES string of the molecule is CN(C)C(=O)c1cc2cnc(S(C)=O)nc2n1C1CC1. The average Bonchev–Trinajstić information content (AvgIpc) is 3.17. The van der Waals surface area contributed by atoms with Gasteiger partial charge in [-0.25, -0.2) is 9.97 Å². The lowest BCUT2D eigenvalue weighted by atomic mass is 10.3. The monoisotopic (exact) mass is 292 g/mol. The Bertz CT molecular complexity index is 718. The first-order valence-corrected chi connectivity index (χ1v) is 7.98. The van der Waals surface area contributed by atoms with Crippen LogP contribution in [-0.2, 0) is 10.8 Å². The summed E-state index contributed by atoms with van der Waals surface area (Å²) >= 11 is 0. The van der Waals surface area contributed by atoms with Crippen LogP contribution in [0.4, 0.5) is 0 Å². The summed E-state index contributed by atoms with van der Waals surface area (Å²) < 4.78 is 13.5. The molecule has 1 amide bonds. The highest BCUT2D eigenvalue weighted by Crippen LogP contribution is 2.39. The van der Waals surface area contributed by atoms with Crippen LogP contribution in [0.2, 0.25) is 0 Å². The van der Waals surface area contributed by atoms with Gasteiger partial charge in [0.25, 0.3) is 5.91 Å². The Morgan fingerprint density at radius 2 is 2.15 bits per heavy atom. The molecule has 2 aromatic heterocycles. The maximum absolute atomic E-state index is 12.3. The number of carbonyl (C=O) groups excluding carboxylic acids is 1. The topological polar surface area (TPSA) is 68.1 Å². The van der Waals surface area contributed by atoms with Crippen molar-refractivity contribution < 1.29 is 9.00 Å². The molecule has 0 saturated heterocycles. The van der Waals surface area contributed by atoms with E-state index < -0.39 is 10.8 Å². The van der Waals surface area contributed by atoms with Crippen molar-refractivity contribution >= 4 is 27.7 Å². The van der Waals surface area contributed by atoms with E-state index in [0.29, 0.717) is 22.5 Å². The first-order chi connectivity index (χ1) is 9.49. The van der Waals surface area contributed by atoms with E-state index >= 15 is 0 Å². The largest absolute Gasteiger partial charge is 0.343 e. The van der Waals surface area contributed by atoms with Crippen molar-refractivity contribution in [3.05, 3.63) is 18.0 Å². The molecule has 2 heterocycles. The number of hydrogen-bond donors (Lipinski definition) is 0. The summed E-state index contributed by atoms with van der Waals surface area (Å²) in [5.41, 5.74) is 1.33. The Labute approximate surface area is 119 Å². The maximum atomic E-state index is 12.3. The molecule has 1 saturated carbocycles. The van der Waals surface area contributed by atoms with E-state index in [1.165, 1.54) is 0 Å². The molecule has 1 fully saturated rings. The normalized spacial score (nSPS) is 16.4. The number of rotatable bonds is 3. The Kier molecular flexibility index (Phi) is 3.08. The number of fused-ring (bicyclic) bond motifs is 1. The summed E-state index contributed by atoms with van der Waals surface area (Å²) in [4.78, 5) is 22.3. The predicted molar refractivity (Wildman–Crippen MR) is 76.1 cm³/mol. The fraction of sp³-hybridized carbons (Fsp3) is 0.462. The summed E-state index contributed by atoms with van der Waals surface area (Å²) in [5, 5.41) is 1.12. The quantitative estimate of drug-likeness (QED) is 0.797. The molecule has 1 unspecified atom stereocenters. The van der Waals surface area contributed by atoms with Crippen molar-refractivity contribution in [3.63, 3.8) is 0 Å². The number of amides is 1.